The van der Waals surface area contributed by atoms with E-state index in [4.69, 9.17) is 9.47 Å². The van der Waals surface area contributed by atoms with Crippen molar-refractivity contribution in [1.29, 1.82) is 0 Å². The molecular formula is C27H25NO4. The minimum atomic E-state index is -0.283. The normalized spacial score (nSPS) is 15.7. The third kappa shape index (κ3) is 4.42. The van der Waals surface area contributed by atoms with Crippen LogP contribution in [0.5, 0.6) is 11.5 Å². The van der Waals surface area contributed by atoms with Crippen molar-refractivity contribution in [3.05, 3.63) is 108 Å². The molecular weight excluding hydrogens is 402 g/mol. The second-order valence-corrected chi connectivity index (χ2v) is 7.61. The van der Waals surface area contributed by atoms with Crippen LogP contribution in [0.15, 0.2) is 91.0 Å². The Balaban J connectivity index is 1.64. The molecule has 1 fully saturated rings. The highest BCUT2D eigenvalue weighted by atomic mass is 16.5. The Labute approximate surface area is 187 Å². The van der Waals surface area contributed by atoms with Crippen molar-refractivity contribution in [2.24, 2.45) is 0 Å². The van der Waals surface area contributed by atoms with Gasteiger partial charge in [0.2, 0.25) is 5.91 Å². The predicted molar refractivity (Wildman–Crippen MR) is 123 cm³/mol. The highest BCUT2D eigenvalue weighted by Crippen LogP contribution is 2.38. The summed E-state index contributed by atoms with van der Waals surface area (Å²) < 4.78 is 10.6. The van der Waals surface area contributed by atoms with Crippen LogP contribution in [0.1, 0.15) is 33.9 Å². The molecule has 1 aliphatic heterocycles. The SMILES string of the molecule is COc1ccc(C(c2ccc(OC)cc2)N2C(=O)CC2/C=C/C(=O)c2ccccc2)cc1. The van der Waals surface area contributed by atoms with Crippen molar-refractivity contribution in [3.8, 4) is 11.5 Å². The van der Waals surface area contributed by atoms with E-state index in [1.165, 1.54) is 0 Å². The quantitative estimate of drug-likeness (QED) is 0.293. The van der Waals surface area contributed by atoms with E-state index >= 15 is 0 Å². The van der Waals surface area contributed by atoms with Crippen LogP contribution < -0.4 is 9.47 Å². The van der Waals surface area contributed by atoms with E-state index in [2.05, 4.69) is 0 Å². The molecule has 0 bridgehead atoms. The van der Waals surface area contributed by atoms with E-state index < -0.39 is 0 Å². The number of ether oxygens (including phenoxy) is 2. The zero-order valence-electron chi connectivity index (χ0n) is 18.1. The Morgan fingerprint density at radius 1 is 0.875 bits per heavy atom. The number of β-lactam (4-membered cyclic amide) rings is 1. The van der Waals surface area contributed by atoms with Crippen molar-refractivity contribution in [2.75, 3.05) is 14.2 Å². The molecule has 1 saturated heterocycles. The number of hydrogen-bond acceptors (Lipinski definition) is 4. The molecule has 5 heteroatoms. The average molecular weight is 428 g/mol. The van der Waals surface area contributed by atoms with Crippen LogP contribution >= 0.6 is 0 Å². The Hall–Kier alpha value is -3.86. The number of amides is 1. The maximum atomic E-state index is 12.7. The number of methoxy groups -OCH3 is 2. The van der Waals surface area contributed by atoms with Gasteiger partial charge in [0.1, 0.15) is 11.5 Å². The lowest BCUT2D eigenvalue weighted by molar-refractivity contribution is -0.146. The van der Waals surface area contributed by atoms with Gasteiger partial charge >= 0.3 is 0 Å². The summed E-state index contributed by atoms with van der Waals surface area (Å²) in [6.45, 7) is 0. The van der Waals surface area contributed by atoms with Gasteiger partial charge in [-0.05, 0) is 41.5 Å². The molecule has 3 aromatic rings. The smallest absolute Gasteiger partial charge is 0.226 e. The van der Waals surface area contributed by atoms with Crippen molar-refractivity contribution < 1.29 is 19.1 Å². The lowest BCUT2D eigenvalue weighted by Gasteiger charge is -2.45. The summed E-state index contributed by atoms with van der Waals surface area (Å²) >= 11 is 0. The van der Waals surface area contributed by atoms with Crippen LogP contribution in [0.2, 0.25) is 0 Å². The lowest BCUT2D eigenvalue weighted by Crippen LogP contribution is -2.53. The highest BCUT2D eigenvalue weighted by Gasteiger charge is 2.40. The molecule has 4 rings (SSSR count). The van der Waals surface area contributed by atoms with Crippen LogP contribution in [-0.2, 0) is 4.79 Å². The standard InChI is InChI=1S/C27H25NO4/c1-31-23-13-8-20(9-14-23)27(21-10-15-24(32-2)16-11-21)28-22(18-26(28)30)12-17-25(29)19-6-4-3-5-7-19/h3-17,22,27H,18H2,1-2H3/b17-12+. The molecule has 1 heterocycles. The van der Waals surface area contributed by atoms with Crippen LogP contribution in [0.25, 0.3) is 0 Å². The van der Waals surface area contributed by atoms with Crippen molar-refractivity contribution in [2.45, 2.75) is 18.5 Å². The first-order valence-corrected chi connectivity index (χ1v) is 10.5. The monoisotopic (exact) mass is 427 g/mol. The fourth-order valence-corrected chi connectivity index (χ4v) is 3.93. The molecule has 0 aliphatic carbocycles. The molecule has 32 heavy (non-hydrogen) atoms. The molecule has 162 valence electrons. The summed E-state index contributed by atoms with van der Waals surface area (Å²) in [5.74, 6) is 1.47. The summed E-state index contributed by atoms with van der Waals surface area (Å²) in [5, 5.41) is 0. The van der Waals surface area contributed by atoms with E-state index in [9.17, 15) is 9.59 Å². The zero-order valence-corrected chi connectivity index (χ0v) is 18.1. The van der Waals surface area contributed by atoms with Crippen molar-refractivity contribution in [3.63, 3.8) is 0 Å². The highest BCUT2D eigenvalue weighted by molar-refractivity contribution is 6.04. The minimum absolute atomic E-state index is 0.0449. The molecule has 0 saturated carbocycles. The molecule has 1 amide bonds. The van der Waals surface area contributed by atoms with Gasteiger partial charge in [0.05, 0.1) is 32.7 Å². The molecule has 1 unspecified atom stereocenters. The number of benzene rings is 3. The topological polar surface area (TPSA) is 55.8 Å². The number of hydrogen-bond donors (Lipinski definition) is 0. The number of rotatable bonds is 8. The van der Waals surface area contributed by atoms with Gasteiger partial charge in [0.15, 0.2) is 5.78 Å². The van der Waals surface area contributed by atoms with E-state index in [-0.39, 0.29) is 23.8 Å². The molecule has 5 nitrogen and oxygen atoms in total. The Kier molecular flexibility index (Phi) is 6.36. The summed E-state index contributed by atoms with van der Waals surface area (Å²) in [6, 6.07) is 24.1. The third-order valence-electron chi connectivity index (χ3n) is 5.70. The minimum Gasteiger partial charge on any atom is -0.497 e. The zero-order chi connectivity index (χ0) is 22.5. The van der Waals surface area contributed by atoms with Crippen LogP contribution in [-0.4, -0.2) is 36.9 Å². The van der Waals surface area contributed by atoms with E-state index in [1.807, 2.05) is 77.7 Å². The summed E-state index contributed by atoms with van der Waals surface area (Å²) in [7, 11) is 3.25. The number of nitrogens with zero attached hydrogens (tertiary/aromatic N) is 1. The largest absolute Gasteiger partial charge is 0.497 e. The Morgan fingerprint density at radius 3 is 1.88 bits per heavy atom. The average Bonchev–Trinajstić information content (AvgIpc) is 2.85. The molecule has 0 N–H and O–H groups in total. The lowest BCUT2D eigenvalue weighted by atomic mass is 9.89. The van der Waals surface area contributed by atoms with Crippen molar-refractivity contribution in [1.82, 2.24) is 4.90 Å². The fraction of sp³-hybridized carbons (Fsp3) is 0.185. The number of carbonyl (C=O) groups is 2. The molecule has 0 aromatic heterocycles. The van der Waals surface area contributed by atoms with Gasteiger partial charge < -0.3 is 14.4 Å². The molecule has 3 aromatic carbocycles. The van der Waals surface area contributed by atoms with Gasteiger partial charge in [-0.2, -0.15) is 0 Å². The predicted octanol–water partition coefficient (Wildman–Crippen LogP) is 4.83. The molecule has 0 radical (unpaired) electrons. The van der Waals surface area contributed by atoms with Gasteiger partial charge in [-0.1, -0.05) is 60.7 Å². The molecule has 1 aliphatic rings. The summed E-state index contributed by atoms with van der Waals surface area (Å²) in [4.78, 5) is 27.1. The van der Waals surface area contributed by atoms with Gasteiger partial charge in [-0.3, -0.25) is 9.59 Å². The first-order chi connectivity index (χ1) is 15.6. The second kappa shape index (κ2) is 9.52. The maximum absolute atomic E-state index is 12.7. The van der Waals surface area contributed by atoms with Crippen LogP contribution in [0.3, 0.4) is 0 Å². The summed E-state index contributed by atoms with van der Waals surface area (Å²) in [6.07, 6.45) is 3.77. The fourth-order valence-electron chi connectivity index (χ4n) is 3.93. The number of allylic oxidation sites excluding steroid dienone is 1. The van der Waals surface area contributed by atoms with Gasteiger partial charge in [-0.15, -0.1) is 0 Å². The number of ketones is 1. The Morgan fingerprint density at radius 2 is 1.41 bits per heavy atom. The maximum Gasteiger partial charge on any atom is 0.226 e. The number of carbonyl (C=O) groups excluding carboxylic acids is 2. The van der Waals surface area contributed by atoms with Gasteiger partial charge in [0.25, 0.3) is 0 Å². The number of likely N-dealkylation sites (tertiary alicyclic amines) is 1. The Bertz CT molecular complexity index is 1060. The van der Waals surface area contributed by atoms with Crippen LogP contribution in [0, 0.1) is 0 Å². The second-order valence-electron chi connectivity index (χ2n) is 7.61. The molecule has 1 atom stereocenters. The van der Waals surface area contributed by atoms with Gasteiger partial charge in [0, 0.05) is 5.56 Å². The first-order valence-electron chi connectivity index (χ1n) is 10.5. The molecule has 0 spiro atoms. The van der Waals surface area contributed by atoms with Crippen molar-refractivity contribution >= 4 is 11.7 Å². The van der Waals surface area contributed by atoms with E-state index in [0.29, 0.717) is 12.0 Å². The third-order valence-corrected chi connectivity index (χ3v) is 5.70. The van der Waals surface area contributed by atoms with E-state index in [0.717, 1.165) is 22.6 Å². The van der Waals surface area contributed by atoms with Gasteiger partial charge in [-0.25, -0.2) is 0 Å². The summed E-state index contributed by atoms with van der Waals surface area (Å²) in [5.41, 5.74) is 2.57. The van der Waals surface area contributed by atoms with E-state index in [1.54, 1.807) is 32.4 Å². The first kappa shape index (κ1) is 21.4. The van der Waals surface area contributed by atoms with Crippen LogP contribution in [0.4, 0.5) is 0 Å².